The number of hydrogen-bond acceptors (Lipinski definition) is 3. The van der Waals surface area contributed by atoms with Crippen LogP contribution in [-0.2, 0) is 7.05 Å². The molecule has 2 aromatic heterocycles. The highest BCUT2D eigenvalue weighted by Crippen LogP contribution is 2.38. The zero-order valence-corrected chi connectivity index (χ0v) is 12.1. The number of aryl methyl sites for hydroxylation is 1. The third kappa shape index (κ3) is 2.21. The molecule has 0 aliphatic carbocycles. The van der Waals surface area contributed by atoms with Gasteiger partial charge in [-0.3, -0.25) is 9.48 Å². The summed E-state index contributed by atoms with van der Waals surface area (Å²) in [6.45, 7) is 0. The molecule has 106 valence electrons. The first-order valence-corrected chi connectivity index (χ1v) is 6.72. The molecule has 6 heteroatoms. The number of aromatic amines is 1. The van der Waals surface area contributed by atoms with Crippen LogP contribution < -0.4 is 11.2 Å². The first-order valence-electron chi connectivity index (χ1n) is 6.34. The second-order valence-electron chi connectivity index (χ2n) is 4.63. The maximum absolute atomic E-state index is 12.1. The summed E-state index contributed by atoms with van der Waals surface area (Å²) in [6, 6.07) is 8.80. The zero-order chi connectivity index (χ0) is 15.0. The van der Waals surface area contributed by atoms with Crippen LogP contribution >= 0.6 is 11.6 Å². The Bertz CT molecular complexity index is 866. The SMILES string of the molecule is Cn1nc(-c2c[nH]ccc2=O)c(-c2ccccc2Cl)c1N. The molecule has 0 atom stereocenters. The van der Waals surface area contributed by atoms with E-state index in [1.165, 1.54) is 6.07 Å². The molecule has 0 unspecified atom stereocenters. The van der Waals surface area contributed by atoms with Crippen LogP contribution in [0.4, 0.5) is 5.82 Å². The highest BCUT2D eigenvalue weighted by atomic mass is 35.5. The summed E-state index contributed by atoms with van der Waals surface area (Å²) in [5.41, 5.74) is 8.39. The summed E-state index contributed by atoms with van der Waals surface area (Å²) >= 11 is 6.26. The van der Waals surface area contributed by atoms with Gasteiger partial charge >= 0.3 is 0 Å². The molecule has 0 saturated heterocycles. The molecule has 1 aromatic carbocycles. The lowest BCUT2D eigenvalue weighted by Crippen LogP contribution is -2.04. The standard InChI is InChI=1S/C15H13ClN4O/c1-20-15(17)13(9-4-2-3-5-11(9)16)14(19-20)10-8-18-7-6-12(10)21/h2-8H,17H2,1H3,(H,18,21). The monoisotopic (exact) mass is 300 g/mol. The molecular weight excluding hydrogens is 288 g/mol. The molecule has 0 radical (unpaired) electrons. The third-order valence-corrected chi connectivity index (χ3v) is 3.64. The van der Waals surface area contributed by atoms with Gasteiger partial charge in [-0.2, -0.15) is 5.10 Å². The van der Waals surface area contributed by atoms with Crippen molar-refractivity contribution >= 4 is 17.4 Å². The number of rotatable bonds is 2. The summed E-state index contributed by atoms with van der Waals surface area (Å²) in [5, 5.41) is 4.93. The molecule has 3 aromatic rings. The highest BCUT2D eigenvalue weighted by molar-refractivity contribution is 6.33. The number of benzene rings is 1. The Hall–Kier alpha value is -2.53. The molecule has 0 saturated carbocycles. The van der Waals surface area contributed by atoms with E-state index in [0.29, 0.717) is 27.7 Å². The number of nitrogens with zero attached hydrogens (tertiary/aromatic N) is 2. The number of nitrogen functional groups attached to an aromatic ring is 1. The number of pyridine rings is 1. The first-order chi connectivity index (χ1) is 10.1. The topological polar surface area (TPSA) is 76.7 Å². The number of hydrogen-bond donors (Lipinski definition) is 2. The van der Waals surface area contributed by atoms with Crippen molar-refractivity contribution in [1.29, 1.82) is 0 Å². The number of H-pyrrole nitrogens is 1. The predicted molar refractivity (Wildman–Crippen MR) is 84.1 cm³/mol. The number of halogens is 1. The molecular formula is C15H13ClN4O. The van der Waals surface area contributed by atoms with Gasteiger partial charge in [0.15, 0.2) is 5.43 Å². The normalized spacial score (nSPS) is 10.8. The molecule has 0 fully saturated rings. The second-order valence-corrected chi connectivity index (χ2v) is 5.04. The molecule has 2 heterocycles. The minimum Gasteiger partial charge on any atom is -0.383 e. The van der Waals surface area contributed by atoms with Crippen LogP contribution in [0.25, 0.3) is 22.4 Å². The Morgan fingerprint density at radius 2 is 2.00 bits per heavy atom. The van der Waals surface area contributed by atoms with Gasteiger partial charge in [-0.1, -0.05) is 29.8 Å². The van der Waals surface area contributed by atoms with E-state index in [4.69, 9.17) is 17.3 Å². The summed E-state index contributed by atoms with van der Waals surface area (Å²) in [5.74, 6) is 0.460. The van der Waals surface area contributed by atoms with Gasteiger partial charge in [0, 0.05) is 36.1 Å². The van der Waals surface area contributed by atoms with Gasteiger partial charge in [-0.05, 0) is 6.07 Å². The van der Waals surface area contributed by atoms with Gasteiger partial charge in [0.2, 0.25) is 0 Å². The summed E-state index contributed by atoms with van der Waals surface area (Å²) in [6.07, 6.45) is 3.19. The Labute approximate surface area is 126 Å². The minimum atomic E-state index is -0.125. The van der Waals surface area contributed by atoms with Gasteiger partial charge in [0.25, 0.3) is 0 Å². The van der Waals surface area contributed by atoms with E-state index < -0.39 is 0 Å². The summed E-state index contributed by atoms with van der Waals surface area (Å²) in [7, 11) is 1.73. The van der Waals surface area contributed by atoms with Gasteiger partial charge in [-0.25, -0.2) is 0 Å². The predicted octanol–water partition coefficient (Wildman–Crippen LogP) is 2.68. The van der Waals surface area contributed by atoms with Crippen molar-refractivity contribution in [2.45, 2.75) is 0 Å². The van der Waals surface area contributed by atoms with E-state index in [9.17, 15) is 4.79 Å². The van der Waals surface area contributed by atoms with Crippen LogP contribution in [0.3, 0.4) is 0 Å². The molecule has 0 aliphatic heterocycles. The summed E-state index contributed by atoms with van der Waals surface area (Å²) in [4.78, 5) is 15.0. The van der Waals surface area contributed by atoms with Crippen molar-refractivity contribution in [3.63, 3.8) is 0 Å². The van der Waals surface area contributed by atoms with Crippen LogP contribution in [0.2, 0.25) is 5.02 Å². The lowest BCUT2D eigenvalue weighted by Gasteiger charge is -2.06. The molecule has 0 spiro atoms. The Morgan fingerprint density at radius 3 is 2.71 bits per heavy atom. The number of nitrogens with one attached hydrogen (secondary N) is 1. The highest BCUT2D eigenvalue weighted by Gasteiger charge is 2.20. The van der Waals surface area contributed by atoms with E-state index in [0.717, 1.165) is 5.56 Å². The van der Waals surface area contributed by atoms with E-state index in [1.54, 1.807) is 30.2 Å². The average Bonchev–Trinajstić information content (AvgIpc) is 2.76. The van der Waals surface area contributed by atoms with E-state index in [1.807, 2.05) is 18.2 Å². The van der Waals surface area contributed by atoms with Crippen LogP contribution in [-0.4, -0.2) is 14.8 Å². The molecule has 0 bridgehead atoms. The van der Waals surface area contributed by atoms with Crippen molar-refractivity contribution in [1.82, 2.24) is 14.8 Å². The smallest absolute Gasteiger partial charge is 0.191 e. The van der Waals surface area contributed by atoms with Crippen molar-refractivity contribution in [2.24, 2.45) is 7.05 Å². The molecule has 0 aliphatic rings. The maximum Gasteiger partial charge on any atom is 0.191 e. The molecule has 5 nitrogen and oxygen atoms in total. The van der Waals surface area contributed by atoms with Crippen molar-refractivity contribution in [2.75, 3.05) is 5.73 Å². The fraction of sp³-hybridized carbons (Fsp3) is 0.0667. The lowest BCUT2D eigenvalue weighted by molar-refractivity contribution is 0.782. The van der Waals surface area contributed by atoms with E-state index in [-0.39, 0.29) is 5.43 Å². The minimum absolute atomic E-state index is 0.125. The zero-order valence-electron chi connectivity index (χ0n) is 11.3. The van der Waals surface area contributed by atoms with Crippen LogP contribution in [0, 0.1) is 0 Å². The average molecular weight is 301 g/mol. The van der Waals surface area contributed by atoms with Crippen LogP contribution in [0.1, 0.15) is 0 Å². The Morgan fingerprint density at radius 1 is 1.24 bits per heavy atom. The van der Waals surface area contributed by atoms with E-state index in [2.05, 4.69) is 10.1 Å². The van der Waals surface area contributed by atoms with Crippen LogP contribution in [0.5, 0.6) is 0 Å². The van der Waals surface area contributed by atoms with Gasteiger partial charge < -0.3 is 10.7 Å². The Kier molecular flexibility index (Phi) is 3.27. The van der Waals surface area contributed by atoms with Gasteiger partial charge in [-0.15, -0.1) is 0 Å². The maximum atomic E-state index is 12.1. The third-order valence-electron chi connectivity index (χ3n) is 3.31. The van der Waals surface area contributed by atoms with Crippen LogP contribution in [0.15, 0.2) is 47.5 Å². The van der Waals surface area contributed by atoms with Crippen molar-refractivity contribution < 1.29 is 0 Å². The van der Waals surface area contributed by atoms with Gasteiger partial charge in [0.05, 0.1) is 11.1 Å². The number of anilines is 1. The molecule has 3 N–H and O–H groups in total. The summed E-state index contributed by atoms with van der Waals surface area (Å²) < 4.78 is 1.54. The number of nitrogens with two attached hydrogens (primary N) is 1. The number of aromatic nitrogens is 3. The van der Waals surface area contributed by atoms with Crippen molar-refractivity contribution in [3.05, 3.63) is 58.0 Å². The van der Waals surface area contributed by atoms with Crippen molar-refractivity contribution in [3.8, 4) is 22.4 Å². The fourth-order valence-electron chi connectivity index (χ4n) is 2.26. The fourth-order valence-corrected chi connectivity index (χ4v) is 2.49. The quantitative estimate of drug-likeness (QED) is 0.764. The largest absolute Gasteiger partial charge is 0.383 e. The molecule has 21 heavy (non-hydrogen) atoms. The molecule has 0 amide bonds. The molecule has 3 rings (SSSR count). The Balaban J connectivity index is 2.35. The first kappa shape index (κ1) is 13.5. The second kappa shape index (κ2) is 5.10. The van der Waals surface area contributed by atoms with E-state index >= 15 is 0 Å². The van der Waals surface area contributed by atoms with Gasteiger partial charge in [0.1, 0.15) is 11.5 Å². The lowest BCUT2D eigenvalue weighted by atomic mass is 10.0.